The first-order valence-corrected chi connectivity index (χ1v) is 7.37. The summed E-state index contributed by atoms with van der Waals surface area (Å²) in [5.74, 6) is 0.685. The molecule has 1 atom stereocenters. The quantitative estimate of drug-likeness (QED) is 0.860. The summed E-state index contributed by atoms with van der Waals surface area (Å²) in [6, 6.07) is 8.67. The number of rotatable bonds is 6. The highest BCUT2D eigenvalue weighted by Gasteiger charge is 2.09. The number of hydrogen-bond donors (Lipinski definition) is 1. The van der Waals surface area contributed by atoms with E-state index in [1.807, 2.05) is 18.4 Å². The monoisotopic (exact) mass is 262 g/mol. The van der Waals surface area contributed by atoms with Crippen molar-refractivity contribution in [3.8, 4) is 0 Å². The number of fused-ring (bicyclic) bond motifs is 1. The highest BCUT2D eigenvalue weighted by atomic mass is 32.1. The lowest BCUT2D eigenvalue weighted by atomic mass is 10.1. The summed E-state index contributed by atoms with van der Waals surface area (Å²) >= 11 is 1.85. The summed E-state index contributed by atoms with van der Waals surface area (Å²) in [7, 11) is 4.22. The maximum absolute atomic E-state index is 3.24. The van der Waals surface area contributed by atoms with Gasteiger partial charge in [0.1, 0.15) is 0 Å². The van der Waals surface area contributed by atoms with Gasteiger partial charge in [-0.05, 0) is 49.0 Å². The molecule has 0 fully saturated rings. The topological polar surface area (TPSA) is 15.3 Å². The first-order chi connectivity index (χ1) is 8.70. The van der Waals surface area contributed by atoms with Gasteiger partial charge in [0.25, 0.3) is 0 Å². The third-order valence-corrected chi connectivity index (χ3v) is 4.19. The molecule has 1 heterocycles. The molecule has 0 radical (unpaired) electrons. The lowest BCUT2D eigenvalue weighted by molar-refractivity contribution is 0.277. The fourth-order valence-electron chi connectivity index (χ4n) is 2.46. The van der Waals surface area contributed by atoms with E-state index in [0.717, 1.165) is 19.6 Å². The molecule has 1 aromatic carbocycles. The van der Waals surface area contributed by atoms with Crippen molar-refractivity contribution in [2.75, 3.05) is 27.2 Å². The van der Waals surface area contributed by atoms with Crippen molar-refractivity contribution in [3.05, 3.63) is 35.2 Å². The van der Waals surface area contributed by atoms with E-state index in [-0.39, 0.29) is 0 Å². The van der Waals surface area contributed by atoms with Crippen LogP contribution >= 0.6 is 11.3 Å². The van der Waals surface area contributed by atoms with Crippen LogP contribution in [0.4, 0.5) is 0 Å². The number of hydrogen-bond acceptors (Lipinski definition) is 3. The van der Waals surface area contributed by atoms with E-state index in [1.54, 1.807) is 0 Å². The van der Waals surface area contributed by atoms with E-state index in [1.165, 1.54) is 15.6 Å². The first-order valence-electron chi connectivity index (χ1n) is 6.49. The van der Waals surface area contributed by atoms with Crippen LogP contribution in [-0.2, 0) is 6.54 Å². The molecule has 0 saturated carbocycles. The van der Waals surface area contributed by atoms with Crippen LogP contribution in [0.25, 0.3) is 10.1 Å². The predicted octanol–water partition coefficient (Wildman–Crippen LogP) is 3.19. The molecule has 0 saturated heterocycles. The summed E-state index contributed by atoms with van der Waals surface area (Å²) < 4.78 is 1.39. The van der Waals surface area contributed by atoms with E-state index in [9.17, 15) is 0 Å². The zero-order valence-electron chi connectivity index (χ0n) is 11.4. The second kappa shape index (κ2) is 6.32. The molecule has 2 rings (SSSR count). The Hall–Kier alpha value is -0.900. The van der Waals surface area contributed by atoms with Crippen molar-refractivity contribution >= 4 is 21.4 Å². The van der Waals surface area contributed by atoms with Crippen LogP contribution in [0.15, 0.2) is 29.6 Å². The molecule has 0 bridgehead atoms. The maximum atomic E-state index is 3.24. The van der Waals surface area contributed by atoms with Gasteiger partial charge in [-0.3, -0.25) is 0 Å². The Bertz CT molecular complexity index is 492. The minimum Gasteiger partial charge on any atom is -0.319 e. The van der Waals surface area contributed by atoms with E-state index >= 15 is 0 Å². The molecule has 0 aliphatic heterocycles. The third kappa shape index (κ3) is 3.31. The molecule has 98 valence electrons. The molecular weight excluding hydrogens is 240 g/mol. The minimum atomic E-state index is 0.685. The van der Waals surface area contributed by atoms with Crippen molar-refractivity contribution in [1.29, 1.82) is 0 Å². The summed E-state index contributed by atoms with van der Waals surface area (Å²) in [4.78, 5) is 2.41. The lowest BCUT2D eigenvalue weighted by Crippen LogP contribution is -2.29. The normalized spacial score (nSPS) is 13.3. The van der Waals surface area contributed by atoms with Crippen LogP contribution in [0.5, 0.6) is 0 Å². The van der Waals surface area contributed by atoms with Crippen molar-refractivity contribution in [2.45, 2.75) is 13.5 Å². The second-order valence-electron chi connectivity index (χ2n) is 5.12. The summed E-state index contributed by atoms with van der Waals surface area (Å²) in [6.45, 7) is 5.54. The fourth-order valence-corrected chi connectivity index (χ4v) is 3.41. The minimum absolute atomic E-state index is 0.685. The van der Waals surface area contributed by atoms with Crippen molar-refractivity contribution < 1.29 is 0 Å². The molecule has 0 spiro atoms. The van der Waals surface area contributed by atoms with Gasteiger partial charge in [0.05, 0.1) is 0 Å². The number of nitrogens with one attached hydrogen (secondary N) is 1. The molecule has 1 unspecified atom stereocenters. The highest BCUT2D eigenvalue weighted by molar-refractivity contribution is 7.17. The Balaban J connectivity index is 2.00. The standard InChI is InChI=1S/C15H22N2S/c1-12(8-16-2)9-17(3)10-13-11-18-15-7-5-4-6-14(13)15/h4-7,11-12,16H,8-10H2,1-3H3. The molecule has 2 nitrogen and oxygen atoms in total. The van der Waals surface area contributed by atoms with Gasteiger partial charge in [-0.1, -0.05) is 25.1 Å². The van der Waals surface area contributed by atoms with Crippen LogP contribution < -0.4 is 5.32 Å². The number of benzene rings is 1. The zero-order valence-corrected chi connectivity index (χ0v) is 12.3. The van der Waals surface area contributed by atoms with Crippen LogP contribution in [0.2, 0.25) is 0 Å². The van der Waals surface area contributed by atoms with Crippen LogP contribution in [-0.4, -0.2) is 32.1 Å². The van der Waals surface area contributed by atoms with Crippen LogP contribution in [0, 0.1) is 5.92 Å². The Morgan fingerprint density at radius 2 is 2.11 bits per heavy atom. The summed E-state index contributed by atoms with van der Waals surface area (Å²) in [6.07, 6.45) is 0. The molecular formula is C15H22N2S. The van der Waals surface area contributed by atoms with Crippen molar-refractivity contribution in [2.24, 2.45) is 5.92 Å². The fraction of sp³-hybridized carbons (Fsp3) is 0.467. The molecule has 0 amide bonds. The van der Waals surface area contributed by atoms with Gasteiger partial charge in [-0.25, -0.2) is 0 Å². The highest BCUT2D eigenvalue weighted by Crippen LogP contribution is 2.26. The summed E-state index contributed by atoms with van der Waals surface area (Å²) in [5.41, 5.74) is 1.45. The smallest absolute Gasteiger partial charge is 0.0346 e. The van der Waals surface area contributed by atoms with E-state index in [2.05, 4.69) is 53.8 Å². The largest absolute Gasteiger partial charge is 0.319 e. The van der Waals surface area contributed by atoms with Crippen molar-refractivity contribution in [1.82, 2.24) is 10.2 Å². The number of thiophene rings is 1. The lowest BCUT2D eigenvalue weighted by Gasteiger charge is -2.20. The Morgan fingerprint density at radius 1 is 1.33 bits per heavy atom. The molecule has 1 N–H and O–H groups in total. The average Bonchev–Trinajstić information content (AvgIpc) is 2.73. The molecule has 3 heteroatoms. The predicted molar refractivity (Wildman–Crippen MR) is 81.2 cm³/mol. The average molecular weight is 262 g/mol. The first kappa shape index (κ1) is 13.5. The van der Waals surface area contributed by atoms with Gasteiger partial charge < -0.3 is 10.2 Å². The van der Waals surface area contributed by atoms with Gasteiger partial charge in [-0.2, -0.15) is 0 Å². The van der Waals surface area contributed by atoms with Crippen LogP contribution in [0.3, 0.4) is 0 Å². The van der Waals surface area contributed by atoms with Gasteiger partial charge in [-0.15, -0.1) is 11.3 Å². The third-order valence-electron chi connectivity index (χ3n) is 3.18. The second-order valence-corrected chi connectivity index (χ2v) is 6.03. The molecule has 0 aliphatic carbocycles. The Morgan fingerprint density at radius 3 is 2.89 bits per heavy atom. The van der Waals surface area contributed by atoms with Gasteiger partial charge in [0, 0.05) is 17.8 Å². The Kier molecular flexibility index (Phi) is 4.75. The Labute approximate surface area is 114 Å². The summed E-state index contributed by atoms with van der Waals surface area (Å²) in [5, 5.41) is 6.94. The van der Waals surface area contributed by atoms with Crippen LogP contribution in [0.1, 0.15) is 12.5 Å². The molecule has 18 heavy (non-hydrogen) atoms. The molecule has 0 aliphatic rings. The van der Waals surface area contributed by atoms with Gasteiger partial charge >= 0.3 is 0 Å². The van der Waals surface area contributed by atoms with E-state index in [4.69, 9.17) is 0 Å². The van der Waals surface area contributed by atoms with Gasteiger partial charge in [0.2, 0.25) is 0 Å². The molecule has 2 aromatic rings. The van der Waals surface area contributed by atoms with Gasteiger partial charge in [0.15, 0.2) is 0 Å². The maximum Gasteiger partial charge on any atom is 0.0346 e. The number of nitrogens with zero attached hydrogens (tertiary/aromatic N) is 1. The zero-order chi connectivity index (χ0) is 13.0. The van der Waals surface area contributed by atoms with Crippen molar-refractivity contribution in [3.63, 3.8) is 0 Å². The van der Waals surface area contributed by atoms with E-state index < -0.39 is 0 Å². The van der Waals surface area contributed by atoms with E-state index in [0.29, 0.717) is 5.92 Å². The SMILES string of the molecule is CNCC(C)CN(C)Cc1csc2ccccc12. The molecule has 1 aromatic heterocycles.